The van der Waals surface area contributed by atoms with E-state index >= 15 is 0 Å². The van der Waals surface area contributed by atoms with Crippen LogP contribution in [0.4, 0.5) is 5.95 Å². The number of ether oxygens (including phenoxy) is 1. The summed E-state index contributed by atoms with van der Waals surface area (Å²) in [6, 6.07) is 6.83. The molecule has 0 bridgehead atoms. The highest BCUT2D eigenvalue weighted by molar-refractivity contribution is 7.16. The second-order valence-corrected chi connectivity index (χ2v) is 7.91. The predicted molar refractivity (Wildman–Crippen MR) is 104 cm³/mol. The van der Waals surface area contributed by atoms with E-state index in [-0.39, 0.29) is 29.3 Å². The van der Waals surface area contributed by atoms with E-state index in [1.807, 2.05) is 0 Å². The standard InChI is InChI=1S/C17H17ClN4O5S/c18-10-4-2-1-3-8(10)11(24)9-5-7(6-23)27-15(9)22-13-12(28-17(22)26)14(25)21-16(19)20-13/h1-4,7,9,11,15,23-24H,5-6H2,(H3,19,20,21,25)/t7?,9-,11?,15+/m0/s1. The van der Waals surface area contributed by atoms with Gasteiger partial charge in [-0.3, -0.25) is 19.1 Å². The second kappa shape index (κ2) is 7.30. The molecular formula is C17H17ClN4O5S. The number of anilines is 1. The van der Waals surface area contributed by atoms with Gasteiger partial charge in [0.1, 0.15) is 10.9 Å². The molecule has 4 atom stereocenters. The molecule has 1 aliphatic heterocycles. The molecule has 0 saturated carbocycles. The molecule has 5 N–H and O–H groups in total. The summed E-state index contributed by atoms with van der Waals surface area (Å²) >= 11 is 6.94. The lowest BCUT2D eigenvalue weighted by Crippen LogP contribution is -2.28. The average molecular weight is 425 g/mol. The van der Waals surface area contributed by atoms with Crippen molar-refractivity contribution in [1.29, 1.82) is 0 Å². The van der Waals surface area contributed by atoms with Crippen molar-refractivity contribution in [1.82, 2.24) is 14.5 Å². The van der Waals surface area contributed by atoms with Gasteiger partial charge in [-0.2, -0.15) is 4.98 Å². The number of aromatic nitrogens is 3. The lowest BCUT2D eigenvalue weighted by Gasteiger charge is -2.25. The number of hydrogen-bond donors (Lipinski definition) is 4. The van der Waals surface area contributed by atoms with Crippen LogP contribution >= 0.6 is 22.9 Å². The molecular weight excluding hydrogens is 408 g/mol. The zero-order valence-corrected chi connectivity index (χ0v) is 16.0. The molecule has 4 rings (SSSR count). The van der Waals surface area contributed by atoms with Crippen molar-refractivity contribution in [3.63, 3.8) is 0 Å². The maximum atomic E-state index is 12.7. The Hall–Kier alpha value is -2.24. The summed E-state index contributed by atoms with van der Waals surface area (Å²) in [7, 11) is 0. The van der Waals surface area contributed by atoms with Crippen molar-refractivity contribution in [3.8, 4) is 0 Å². The smallest absolute Gasteiger partial charge is 0.311 e. The number of hydrogen-bond acceptors (Lipinski definition) is 8. The van der Waals surface area contributed by atoms with Gasteiger partial charge in [0.25, 0.3) is 5.56 Å². The highest BCUT2D eigenvalue weighted by Crippen LogP contribution is 2.44. The summed E-state index contributed by atoms with van der Waals surface area (Å²) in [6.45, 7) is -0.283. The van der Waals surface area contributed by atoms with Crippen LogP contribution in [0.3, 0.4) is 0 Å². The molecule has 9 nitrogen and oxygen atoms in total. The first-order chi connectivity index (χ1) is 13.4. The molecule has 148 valence electrons. The predicted octanol–water partition coefficient (Wildman–Crippen LogP) is 1.01. The van der Waals surface area contributed by atoms with Gasteiger partial charge in [-0.05, 0) is 18.1 Å². The summed E-state index contributed by atoms with van der Waals surface area (Å²) in [5.74, 6) is -0.737. The van der Waals surface area contributed by atoms with Gasteiger partial charge in [0.05, 0.1) is 18.8 Å². The highest BCUT2D eigenvalue weighted by Gasteiger charge is 2.43. The van der Waals surface area contributed by atoms with Crippen LogP contribution < -0.4 is 16.2 Å². The van der Waals surface area contributed by atoms with Gasteiger partial charge < -0.3 is 20.7 Å². The van der Waals surface area contributed by atoms with Crippen LogP contribution in [-0.4, -0.2) is 37.5 Å². The van der Waals surface area contributed by atoms with E-state index in [2.05, 4.69) is 9.97 Å². The molecule has 0 amide bonds. The van der Waals surface area contributed by atoms with Crippen molar-refractivity contribution in [2.45, 2.75) is 24.9 Å². The molecule has 1 fully saturated rings. The summed E-state index contributed by atoms with van der Waals surface area (Å²) in [6.07, 6.45) is -2.31. The molecule has 28 heavy (non-hydrogen) atoms. The Morgan fingerprint density at radius 1 is 1.43 bits per heavy atom. The molecule has 11 heteroatoms. The lowest BCUT2D eigenvalue weighted by atomic mass is 9.91. The number of thiazole rings is 1. The number of nitrogens with zero attached hydrogens (tertiary/aromatic N) is 2. The Kier molecular flexibility index (Phi) is 4.98. The van der Waals surface area contributed by atoms with Crippen LogP contribution in [0, 0.1) is 5.92 Å². The average Bonchev–Trinajstić information content (AvgIpc) is 3.22. The quantitative estimate of drug-likeness (QED) is 0.489. The third-order valence-corrected chi connectivity index (χ3v) is 6.10. The van der Waals surface area contributed by atoms with Gasteiger partial charge in [-0.25, -0.2) is 0 Å². The minimum absolute atomic E-state index is 0.0798. The van der Waals surface area contributed by atoms with Gasteiger partial charge in [0.15, 0.2) is 5.65 Å². The minimum Gasteiger partial charge on any atom is -0.394 e. The van der Waals surface area contributed by atoms with E-state index in [1.165, 1.54) is 4.57 Å². The number of rotatable bonds is 4. The number of nitrogens with one attached hydrogen (secondary N) is 1. The zero-order chi connectivity index (χ0) is 20.0. The lowest BCUT2D eigenvalue weighted by molar-refractivity contribution is -0.0498. The Morgan fingerprint density at radius 3 is 2.89 bits per heavy atom. The molecule has 0 aliphatic carbocycles. The fourth-order valence-corrected chi connectivity index (χ4v) is 4.63. The minimum atomic E-state index is -1.06. The zero-order valence-electron chi connectivity index (χ0n) is 14.4. The monoisotopic (exact) mass is 424 g/mol. The van der Waals surface area contributed by atoms with Gasteiger partial charge in [0, 0.05) is 10.9 Å². The summed E-state index contributed by atoms with van der Waals surface area (Å²) in [4.78, 5) is 30.7. The van der Waals surface area contributed by atoms with Gasteiger partial charge in [-0.15, -0.1) is 0 Å². The first kappa shape index (κ1) is 19.1. The molecule has 2 unspecified atom stereocenters. The molecule has 3 aromatic rings. The molecule has 1 aliphatic rings. The van der Waals surface area contributed by atoms with E-state index in [9.17, 15) is 19.8 Å². The van der Waals surface area contributed by atoms with Crippen LogP contribution in [0.5, 0.6) is 0 Å². The SMILES string of the molecule is Nc1nc2c(sc(=O)n2[C@@H]2OC(CO)C[C@H]2C(O)c2ccccc2Cl)c(=O)[nH]1. The topological polar surface area (TPSA) is 143 Å². The van der Waals surface area contributed by atoms with Crippen LogP contribution in [0.1, 0.15) is 24.3 Å². The van der Waals surface area contributed by atoms with E-state index < -0.39 is 34.8 Å². The highest BCUT2D eigenvalue weighted by atomic mass is 35.5. The maximum absolute atomic E-state index is 12.7. The van der Waals surface area contributed by atoms with Crippen molar-refractivity contribution >= 4 is 39.2 Å². The van der Waals surface area contributed by atoms with Gasteiger partial charge >= 0.3 is 4.87 Å². The van der Waals surface area contributed by atoms with Crippen LogP contribution in [0.25, 0.3) is 10.3 Å². The number of aliphatic hydroxyl groups is 2. The number of aliphatic hydroxyl groups excluding tert-OH is 2. The summed E-state index contributed by atoms with van der Waals surface area (Å²) < 4.78 is 7.17. The molecule has 1 aromatic carbocycles. The van der Waals surface area contributed by atoms with Crippen LogP contribution in [-0.2, 0) is 4.74 Å². The number of aromatic amines is 1. The van der Waals surface area contributed by atoms with Crippen molar-refractivity contribution in [2.24, 2.45) is 5.92 Å². The molecule has 2 aromatic heterocycles. The summed E-state index contributed by atoms with van der Waals surface area (Å²) in [5, 5.41) is 20.9. The number of halogens is 1. The first-order valence-corrected chi connectivity index (χ1v) is 9.69. The van der Waals surface area contributed by atoms with Crippen molar-refractivity contribution in [3.05, 3.63) is 54.9 Å². The van der Waals surface area contributed by atoms with E-state index in [0.717, 1.165) is 11.3 Å². The first-order valence-electron chi connectivity index (χ1n) is 8.50. The fraction of sp³-hybridized carbons (Fsp3) is 0.353. The van der Waals surface area contributed by atoms with E-state index in [0.29, 0.717) is 10.6 Å². The normalized spacial score (nSPS) is 23.3. The van der Waals surface area contributed by atoms with Crippen LogP contribution in [0.15, 0.2) is 33.9 Å². The van der Waals surface area contributed by atoms with Crippen molar-refractivity contribution in [2.75, 3.05) is 12.3 Å². The Morgan fingerprint density at radius 2 is 2.18 bits per heavy atom. The number of benzene rings is 1. The Bertz CT molecular complexity index is 1140. The van der Waals surface area contributed by atoms with Gasteiger partial charge in [0.2, 0.25) is 5.95 Å². The Labute approximate surface area is 167 Å². The molecule has 0 radical (unpaired) electrons. The number of nitrogens with two attached hydrogens (primary N) is 1. The Balaban J connectivity index is 1.84. The van der Waals surface area contributed by atoms with Gasteiger partial charge in [-0.1, -0.05) is 41.1 Å². The molecule has 0 spiro atoms. The molecule has 1 saturated heterocycles. The third kappa shape index (κ3) is 3.12. The summed E-state index contributed by atoms with van der Waals surface area (Å²) in [5.41, 5.74) is 5.68. The number of nitrogen functional groups attached to an aromatic ring is 1. The second-order valence-electron chi connectivity index (χ2n) is 6.54. The largest absolute Gasteiger partial charge is 0.394 e. The number of H-pyrrole nitrogens is 1. The van der Waals surface area contributed by atoms with E-state index in [4.69, 9.17) is 22.1 Å². The maximum Gasteiger partial charge on any atom is 0.311 e. The van der Waals surface area contributed by atoms with Crippen molar-refractivity contribution < 1.29 is 14.9 Å². The number of fused-ring (bicyclic) bond motifs is 1. The molecule has 3 heterocycles. The van der Waals surface area contributed by atoms with E-state index in [1.54, 1.807) is 24.3 Å². The van der Waals surface area contributed by atoms with Crippen LogP contribution in [0.2, 0.25) is 5.02 Å². The fourth-order valence-electron chi connectivity index (χ4n) is 3.54. The third-order valence-electron chi connectivity index (χ3n) is 4.81.